The van der Waals surface area contributed by atoms with E-state index in [1.54, 1.807) is 6.07 Å². The molecule has 4 rings (SSSR count). The maximum atomic E-state index is 12.2. The van der Waals surface area contributed by atoms with E-state index in [0.717, 1.165) is 23.3 Å². The van der Waals surface area contributed by atoms with Crippen LogP contribution >= 0.6 is 0 Å². The van der Waals surface area contributed by atoms with Crippen molar-refractivity contribution in [1.29, 1.82) is 0 Å². The van der Waals surface area contributed by atoms with Gasteiger partial charge in [0.05, 0.1) is 11.1 Å². The Balaban J connectivity index is 1.34. The van der Waals surface area contributed by atoms with Gasteiger partial charge in [-0.1, -0.05) is 12.1 Å². The molecule has 8 nitrogen and oxygen atoms in total. The van der Waals surface area contributed by atoms with Crippen molar-refractivity contribution in [3.05, 3.63) is 59.2 Å². The van der Waals surface area contributed by atoms with Gasteiger partial charge in [0.15, 0.2) is 0 Å². The number of rotatable bonds is 5. The lowest BCUT2D eigenvalue weighted by atomic mass is 10.1. The van der Waals surface area contributed by atoms with Gasteiger partial charge in [-0.05, 0) is 48.7 Å². The standard InChI is InChI=1S/C21H20N4O4/c1-25-19(27)16-8-7-15(10-17(16)20(25)28)24-21(29)22-11-12-3-2-4-14(9-12)23-18(26)13-5-6-13/h2-4,7-10,13H,5-6,11H2,1H3,(H,23,26)(H2,22,24,29). The van der Waals surface area contributed by atoms with E-state index in [-0.39, 0.29) is 35.7 Å². The summed E-state index contributed by atoms with van der Waals surface area (Å²) in [5, 5.41) is 8.27. The van der Waals surface area contributed by atoms with Crippen LogP contribution in [-0.4, -0.2) is 35.7 Å². The SMILES string of the molecule is CN1C(=O)c2ccc(NC(=O)NCc3cccc(NC(=O)C4CC4)c3)cc2C1=O. The van der Waals surface area contributed by atoms with Crippen LogP contribution in [0.3, 0.4) is 0 Å². The Hall–Kier alpha value is -3.68. The van der Waals surface area contributed by atoms with E-state index >= 15 is 0 Å². The van der Waals surface area contributed by atoms with Crippen LogP contribution in [0.15, 0.2) is 42.5 Å². The molecule has 2 aromatic rings. The number of nitrogens with one attached hydrogen (secondary N) is 3. The van der Waals surface area contributed by atoms with Crippen molar-refractivity contribution >= 4 is 35.1 Å². The van der Waals surface area contributed by atoms with E-state index in [0.29, 0.717) is 16.9 Å². The van der Waals surface area contributed by atoms with Crippen LogP contribution in [0, 0.1) is 5.92 Å². The molecule has 1 aliphatic heterocycles. The number of hydrogen-bond acceptors (Lipinski definition) is 4. The summed E-state index contributed by atoms with van der Waals surface area (Å²) in [6, 6.07) is 11.5. The Morgan fingerprint density at radius 1 is 0.966 bits per heavy atom. The van der Waals surface area contributed by atoms with Crippen molar-refractivity contribution < 1.29 is 19.2 Å². The molecule has 8 heteroatoms. The number of fused-ring (bicyclic) bond motifs is 1. The van der Waals surface area contributed by atoms with Crippen molar-refractivity contribution in [2.45, 2.75) is 19.4 Å². The molecule has 0 aromatic heterocycles. The molecular weight excluding hydrogens is 372 g/mol. The van der Waals surface area contributed by atoms with Gasteiger partial charge >= 0.3 is 6.03 Å². The number of nitrogens with zero attached hydrogens (tertiary/aromatic N) is 1. The number of hydrogen-bond donors (Lipinski definition) is 3. The lowest BCUT2D eigenvalue weighted by Crippen LogP contribution is -2.28. The van der Waals surface area contributed by atoms with Crippen molar-refractivity contribution in [3.63, 3.8) is 0 Å². The summed E-state index contributed by atoms with van der Waals surface area (Å²) in [4.78, 5) is 49.1. The fourth-order valence-corrected chi connectivity index (χ4v) is 3.15. The second kappa shape index (κ2) is 7.38. The van der Waals surface area contributed by atoms with Gasteiger partial charge in [0, 0.05) is 30.9 Å². The van der Waals surface area contributed by atoms with Gasteiger partial charge in [-0.2, -0.15) is 0 Å². The highest BCUT2D eigenvalue weighted by Gasteiger charge is 2.32. The minimum Gasteiger partial charge on any atom is -0.334 e. The Morgan fingerprint density at radius 2 is 1.69 bits per heavy atom. The number of amides is 5. The molecule has 0 bridgehead atoms. The first kappa shape index (κ1) is 18.7. The predicted molar refractivity (Wildman–Crippen MR) is 107 cm³/mol. The first-order chi connectivity index (χ1) is 13.9. The Bertz CT molecular complexity index is 1030. The molecule has 0 unspecified atom stereocenters. The average Bonchev–Trinajstić information content (AvgIpc) is 3.53. The van der Waals surface area contributed by atoms with Crippen LogP contribution in [-0.2, 0) is 11.3 Å². The quantitative estimate of drug-likeness (QED) is 0.680. The zero-order valence-corrected chi connectivity index (χ0v) is 15.8. The second-order valence-corrected chi connectivity index (χ2v) is 7.20. The molecule has 0 spiro atoms. The third-order valence-electron chi connectivity index (χ3n) is 4.94. The normalized spacial score (nSPS) is 15.1. The number of imide groups is 1. The molecule has 29 heavy (non-hydrogen) atoms. The van der Waals surface area contributed by atoms with Gasteiger partial charge in [-0.25, -0.2) is 4.79 Å². The molecular formula is C21H20N4O4. The Morgan fingerprint density at radius 3 is 2.45 bits per heavy atom. The van der Waals surface area contributed by atoms with E-state index in [1.807, 2.05) is 24.3 Å². The van der Waals surface area contributed by atoms with E-state index in [4.69, 9.17) is 0 Å². The molecule has 3 N–H and O–H groups in total. The molecule has 5 amide bonds. The van der Waals surface area contributed by atoms with E-state index in [1.165, 1.54) is 19.2 Å². The van der Waals surface area contributed by atoms with E-state index in [9.17, 15) is 19.2 Å². The van der Waals surface area contributed by atoms with E-state index < -0.39 is 6.03 Å². The molecule has 1 aliphatic carbocycles. The molecule has 1 saturated carbocycles. The maximum absolute atomic E-state index is 12.2. The third-order valence-corrected chi connectivity index (χ3v) is 4.94. The smallest absolute Gasteiger partial charge is 0.319 e. The third kappa shape index (κ3) is 3.96. The van der Waals surface area contributed by atoms with Gasteiger partial charge in [-0.3, -0.25) is 19.3 Å². The highest BCUT2D eigenvalue weighted by molar-refractivity contribution is 6.21. The minimum absolute atomic E-state index is 0.0307. The highest BCUT2D eigenvalue weighted by atomic mass is 16.2. The van der Waals surface area contributed by atoms with Crippen LogP contribution in [0.25, 0.3) is 0 Å². The number of carbonyl (C=O) groups excluding carboxylic acids is 4. The van der Waals surface area contributed by atoms with Crippen LogP contribution < -0.4 is 16.0 Å². The van der Waals surface area contributed by atoms with Crippen molar-refractivity contribution in [2.75, 3.05) is 17.7 Å². The minimum atomic E-state index is -0.442. The summed E-state index contributed by atoms with van der Waals surface area (Å²) in [5.74, 6) is -0.589. The molecule has 0 saturated heterocycles. The monoisotopic (exact) mass is 392 g/mol. The lowest BCUT2D eigenvalue weighted by molar-refractivity contribution is -0.117. The Labute approximate surface area is 167 Å². The number of benzene rings is 2. The fraction of sp³-hybridized carbons (Fsp3) is 0.238. The largest absolute Gasteiger partial charge is 0.334 e. The molecule has 1 fully saturated rings. The van der Waals surface area contributed by atoms with Crippen LogP contribution in [0.2, 0.25) is 0 Å². The van der Waals surface area contributed by atoms with Gasteiger partial charge < -0.3 is 16.0 Å². The zero-order chi connectivity index (χ0) is 20.5. The molecule has 0 atom stereocenters. The number of urea groups is 1. The summed E-state index contributed by atoms with van der Waals surface area (Å²) in [6.07, 6.45) is 1.87. The predicted octanol–water partition coefficient (Wildman–Crippen LogP) is 2.58. The first-order valence-corrected chi connectivity index (χ1v) is 9.33. The summed E-state index contributed by atoms with van der Waals surface area (Å²) >= 11 is 0. The second-order valence-electron chi connectivity index (χ2n) is 7.20. The molecule has 148 valence electrons. The summed E-state index contributed by atoms with van der Waals surface area (Å²) in [6.45, 7) is 0.268. The molecule has 1 heterocycles. The van der Waals surface area contributed by atoms with Crippen LogP contribution in [0.4, 0.5) is 16.2 Å². The average molecular weight is 392 g/mol. The van der Waals surface area contributed by atoms with Crippen LogP contribution in [0.1, 0.15) is 39.1 Å². The lowest BCUT2D eigenvalue weighted by Gasteiger charge is -2.10. The first-order valence-electron chi connectivity index (χ1n) is 9.33. The van der Waals surface area contributed by atoms with Crippen molar-refractivity contribution in [2.24, 2.45) is 5.92 Å². The fourth-order valence-electron chi connectivity index (χ4n) is 3.15. The van der Waals surface area contributed by atoms with Gasteiger partial charge in [0.2, 0.25) is 5.91 Å². The Kier molecular flexibility index (Phi) is 4.75. The number of carbonyl (C=O) groups is 4. The molecule has 2 aliphatic rings. The highest BCUT2D eigenvalue weighted by Crippen LogP contribution is 2.30. The van der Waals surface area contributed by atoms with Gasteiger partial charge in [0.1, 0.15) is 0 Å². The summed E-state index contributed by atoms with van der Waals surface area (Å²) in [7, 11) is 1.42. The van der Waals surface area contributed by atoms with Gasteiger partial charge in [-0.15, -0.1) is 0 Å². The zero-order valence-electron chi connectivity index (χ0n) is 15.8. The van der Waals surface area contributed by atoms with Crippen molar-refractivity contribution in [1.82, 2.24) is 10.2 Å². The van der Waals surface area contributed by atoms with E-state index in [2.05, 4.69) is 16.0 Å². The van der Waals surface area contributed by atoms with Gasteiger partial charge in [0.25, 0.3) is 11.8 Å². The van der Waals surface area contributed by atoms with Crippen LogP contribution in [0.5, 0.6) is 0 Å². The topological polar surface area (TPSA) is 108 Å². The summed E-state index contributed by atoms with van der Waals surface area (Å²) in [5.41, 5.74) is 2.56. The van der Waals surface area contributed by atoms with Crippen molar-refractivity contribution in [3.8, 4) is 0 Å². The molecule has 0 radical (unpaired) electrons. The number of anilines is 2. The summed E-state index contributed by atoms with van der Waals surface area (Å²) < 4.78 is 0. The maximum Gasteiger partial charge on any atom is 0.319 e. The molecule has 2 aromatic carbocycles.